The maximum atomic E-state index is 13.2. The first kappa shape index (κ1) is 21.3. The summed E-state index contributed by atoms with van der Waals surface area (Å²) >= 11 is 6.34. The first-order chi connectivity index (χ1) is 15.0. The van der Waals surface area contributed by atoms with Gasteiger partial charge in [0, 0.05) is 5.69 Å². The summed E-state index contributed by atoms with van der Waals surface area (Å²) < 4.78 is 40.3. The Hall–Kier alpha value is -2.55. The Bertz CT molecular complexity index is 1150. The van der Waals surface area contributed by atoms with Crippen LogP contribution in [0.15, 0.2) is 35.3 Å². The lowest BCUT2D eigenvalue weighted by Crippen LogP contribution is -2.61. The average Bonchev–Trinajstić information content (AvgIpc) is 2.70. The molecule has 6 nitrogen and oxygen atoms in total. The molecule has 4 atom stereocenters. The van der Waals surface area contributed by atoms with Crippen molar-refractivity contribution in [2.45, 2.75) is 50.2 Å². The lowest BCUT2D eigenvalue weighted by Gasteiger charge is -2.60. The highest BCUT2D eigenvalue weighted by Gasteiger charge is 2.62. The predicted molar refractivity (Wildman–Crippen MR) is 111 cm³/mol. The summed E-state index contributed by atoms with van der Waals surface area (Å²) in [5.74, 6) is -0.372. The van der Waals surface area contributed by atoms with Crippen LogP contribution in [0.1, 0.15) is 44.1 Å². The Morgan fingerprint density at radius 3 is 2.53 bits per heavy atom. The van der Waals surface area contributed by atoms with E-state index in [0.717, 1.165) is 18.6 Å². The van der Waals surface area contributed by atoms with Crippen molar-refractivity contribution in [2.24, 2.45) is 17.3 Å². The normalized spacial score (nSPS) is 31.0. The van der Waals surface area contributed by atoms with Gasteiger partial charge in [-0.3, -0.25) is 9.59 Å². The molecule has 6 rings (SSSR count). The molecule has 170 valence electrons. The van der Waals surface area contributed by atoms with Crippen molar-refractivity contribution >= 4 is 28.9 Å². The van der Waals surface area contributed by atoms with Gasteiger partial charge in [-0.25, -0.2) is 4.68 Å². The third kappa shape index (κ3) is 3.29. The smallest absolute Gasteiger partial charge is 0.416 e. The molecule has 2 unspecified atom stereocenters. The molecule has 10 heteroatoms. The van der Waals surface area contributed by atoms with Gasteiger partial charge < -0.3 is 10.4 Å². The largest absolute Gasteiger partial charge is 0.481 e. The van der Waals surface area contributed by atoms with Gasteiger partial charge in [0.25, 0.3) is 5.56 Å². The van der Waals surface area contributed by atoms with E-state index in [1.54, 1.807) is 0 Å². The van der Waals surface area contributed by atoms with Crippen LogP contribution in [-0.2, 0) is 16.5 Å². The van der Waals surface area contributed by atoms with Crippen molar-refractivity contribution in [3.63, 3.8) is 0 Å². The van der Waals surface area contributed by atoms with E-state index in [9.17, 15) is 27.9 Å². The van der Waals surface area contributed by atoms with E-state index in [4.69, 9.17) is 11.6 Å². The number of aliphatic carboxylic acids is 1. The number of benzene rings is 1. The Balaban J connectivity index is 1.49. The third-order valence-electron chi connectivity index (χ3n) is 7.32. The average molecular weight is 468 g/mol. The molecule has 4 aliphatic rings. The maximum Gasteiger partial charge on any atom is 0.416 e. The van der Waals surface area contributed by atoms with E-state index < -0.39 is 34.2 Å². The van der Waals surface area contributed by atoms with Gasteiger partial charge in [-0.15, -0.1) is 0 Å². The van der Waals surface area contributed by atoms with E-state index in [1.807, 2.05) is 0 Å². The number of hydrogen-bond donors (Lipinski definition) is 2. The zero-order valence-corrected chi connectivity index (χ0v) is 17.7. The first-order valence-electron chi connectivity index (χ1n) is 10.5. The molecule has 1 heterocycles. The standard InChI is InChI=1S/C22H21ClF3N3O3/c23-17-16(28-15-3-1-2-14(5-15)22(24,25)26)10-27-29(18(17)30)21-8-12-4-13(9-21)7-20(6-12,11-21)19(31)32/h1-3,5,10,12-13,28H,4,6-9,11H2,(H,31,32)/t12-,13+,20?,21?. The maximum absolute atomic E-state index is 13.2. The van der Waals surface area contributed by atoms with Crippen LogP contribution in [0.4, 0.5) is 24.5 Å². The highest BCUT2D eigenvalue weighted by Crippen LogP contribution is 2.63. The number of rotatable bonds is 4. The number of nitrogens with one attached hydrogen (secondary N) is 1. The fraction of sp³-hybridized carbons (Fsp3) is 0.500. The molecular formula is C22H21ClF3N3O3. The summed E-state index contributed by atoms with van der Waals surface area (Å²) in [7, 11) is 0. The summed E-state index contributed by atoms with van der Waals surface area (Å²) in [5, 5.41) is 16.8. The number of aromatic nitrogens is 2. The van der Waals surface area contributed by atoms with Gasteiger partial charge in [0.05, 0.1) is 28.4 Å². The molecule has 32 heavy (non-hydrogen) atoms. The molecule has 1 aromatic heterocycles. The zero-order valence-electron chi connectivity index (χ0n) is 17.0. The van der Waals surface area contributed by atoms with Crippen LogP contribution in [0.5, 0.6) is 0 Å². The second-order valence-electron chi connectivity index (χ2n) is 9.56. The van der Waals surface area contributed by atoms with Crippen LogP contribution in [-0.4, -0.2) is 20.9 Å². The van der Waals surface area contributed by atoms with Crippen LogP contribution < -0.4 is 10.9 Å². The molecule has 0 amide bonds. The Kier molecular flexibility index (Phi) is 4.64. The summed E-state index contributed by atoms with van der Waals surface area (Å²) in [6.07, 6.45) is 0.749. The van der Waals surface area contributed by atoms with Crippen molar-refractivity contribution in [1.82, 2.24) is 9.78 Å². The SMILES string of the molecule is O=C(O)C12C[C@H]3C[C@@H](C1)CC(n1ncc(Nc4cccc(C(F)(F)F)c4)c(Cl)c1=O)(C3)C2. The minimum Gasteiger partial charge on any atom is -0.481 e. The molecule has 2 N–H and O–H groups in total. The number of anilines is 2. The number of carboxylic acid groups (broad SMARTS) is 1. The molecule has 2 aromatic rings. The first-order valence-corrected chi connectivity index (χ1v) is 10.9. The number of alkyl halides is 3. The quantitative estimate of drug-likeness (QED) is 0.658. The van der Waals surface area contributed by atoms with Crippen LogP contribution in [0.25, 0.3) is 0 Å². The van der Waals surface area contributed by atoms with Gasteiger partial charge >= 0.3 is 12.1 Å². The topological polar surface area (TPSA) is 84.2 Å². The van der Waals surface area contributed by atoms with E-state index in [1.165, 1.54) is 23.0 Å². The molecule has 4 saturated carbocycles. The van der Waals surface area contributed by atoms with Crippen LogP contribution in [0.3, 0.4) is 0 Å². The van der Waals surface area contributed by atoms with Gasteiger partial charge in [0.15, 0.2) is 0 Å². The minimum absolute atomic E-state index is 0.102. The van der Waals surface area contributed by atoms with Crippen molar-refractivity contribution in [3.05, 3.63) is 51.4 Å². The molecule has 0 spiro atoms. The molecule has 4 fully saturated rings. The lowest BCUT2D eigenvalue weighted by atomic mass is 9.47. The monoisotopic (exact) mass is 467 g/mol. The van der Waals surface area contributed by atoms with E-state index in [-0.39, 0.29) is 28.2 Å². The van der Waals surface area contributed by atoms with Gasteiger partial charge in [-0.05, 0) is 68.6 Å². The highest BCUT2D eigenvalue weighted by molar-refractivity contribution is 6.33. The molecule has 0 saturated heterocycles. The molecule has 4 aliphatic carbocycles. The van der Waals surface area contributed by atoms with Gasteiger partial charge in [-0.2, -0.15) is 18.3 Å². The number of carboxylic acids is 1. The number of nitrogens with zero attached hydrogens (tertiary/aromatic N) is 2. The Labute approximate surface area is 186 Å². The summed E-state index contributed by atoms with van der Waals surface area (Å²) in [6.45, 7) is 0. The molecule has 0 radical (unpaired) electrons. The fourth-order valence-corrected chi connectivity index (χ4v) is 6.67. The van der Waals surface area contributed by atoms with Crippen molar-refractivity contribution in [3.8, 4) is 0 Å². The van der Waals surface area contributed by atoms with Crippen molar-refractivity contribution in [2.75, 3.05) is 5.32 Å². The van der Waals surface area contributed by atoms with E-state index >= 15 is 0 Å². The summed E-state index contributed by atoms with van der Waals surface area (Å²) in [6, 6.07) is 4.58. The molecule has 1 aromatic carbocycles. The Morgan fingerprint density at radius 1 is 1.22 bits per heavy atom. The van der Waals surface area contributed by atoms with E-state index in [0.29, 0.717) is 32.1 Å². The van der Waals surface area contributed by atoms with Crippen molar-refractivity contribution < 1.29 is 23.1 Å². The third-order valence-corrected chi connectivity index (χ3v) is 7.69. The van der Waals surface area contributed by atoms with E-state index in [2.05, 4.69) is 10.4 Å². The van der Waals surface area contributed by atoms with Gasteiger partial charge in [0.1, 0.15) is 5.02 Å². The lowest BCUT2D eigenvalue weighted by molar-refractivity contribution is -0.173. The van der Waals surface area contributed by atoms with Crippen LogP contribution in [0.2, 0.25) is 5.02 Å². The second kappa shape index (κ2) is 6.97. The van der Waals surface area contributed by atoms with Gasteiger partial charge in [0.2, 0.25) is 0 Å². The number of carbonyl (C=O) groups is 1. The van der Waals surface area contributed by atoms with Crippen molar-refractivity contribution in [1.29, 1.82) is 0 Å². The van der Waals surface area contributed by atoms with Crippen LogP contribution >= 0.6 is 11.6 Å². The summed E-state index contributed by atoms with van der Waals surface area (Å²) in [4.78, 5) is 25.3. The number of hydrogen-bond acceptors (Lipinski definition) is 4. The second-order valence-corrected chi connectivity index (χ2v) is 9.94. The molecular weight excluding hydrogens is 447 g/mol. The Morgan fingerprint density at radius 2 is 1.91 bits per heavy atom. The summed E-state index contributed by atoms with van der Waals surface area (Å²) in [5.41, 5.74) is -2.70. The molecule has 4 bridgehead atoms. The predicted octanol–water partition coefficient (Wildman–Crippen LogP) is 5.04. The number of halogens is 4. The highest BCUT2D eigenvalue weighted by atomic mass is 35.5. The fourth-order valence-electron chi connectivity index (χ4n) is 6.50. The molecule has 0 aliphatic heterocycles. The zero-order chi connectivity index (χ0) is 22.9. The minimum atomic E-state index is -4.50. The van der Waals surface area contributed by atoms with Gasteiger partial charge in [-0.1, -0.05) is 17.7 Å². The van der Waals surface area contributed by atoms with Crippen LogP contribution in [0, 0.1) is 17.3 Å².